The van der Waals surface area contributed by atoms with Gasteiger partial charge in [0.15, 0.2) is 11.5 Å². The normalized spacial score (nSPS) is 12.7. The molecule has 0 fully saturated rings. The summed E-state index contributed by atoms with van der Waals surface area (Å²) in [5.74, 6) is 1.56. The number of benzene rings is 2. The number of aliphatic hydroxyl groups is 1. The summed E-state index contributed by atoms with van der Waals surface area (Å²) in [5.41, 5.74) is 0.527. The Morgan fingerprint density at radius 3 is 2.12 bits per heavy atom. The van der Waals surface area contributed by atoms with Gasteiger partial charge in [-0.1, -0.05) is 6.07 Å². The molecule has 0 radical (unpaired) electrons. The number of likely N-dealkylation sites (N-methyl/N-ethyl adjacent to an activating group) is 1. The van der Waals surface area contributed by atoms with Gasteiger partial charge in [-0.25, -0.2) is 8.42 Å². The van der Waals surface area contributed by atoms with Gasteiger partial charge in [-0.15, -0.1) is 0 Å². The van der Waals surface area contributed by atoms with Crippen molar-refractivity contribution in [2.24, 2.45) is 0 Å². The van der Waals surface area contributed by atoms with Gasteiger partial charge in [0.25, 0.3) is 0 Å². The molecule has 0 spiro atoms. The molecule has 1 atom stereocenters. The summed E-state index contributed by atoms with van der Waals surface area (Å²) in [6.45, 7) is -0.107. The van der Waals surface area contributed by atoms with Gasteiger partial charge < -0.3 is 19.3 Å². The molecule has 26 heavy (non-hydrogen) atoms. The van der Waals surface area contributed by atoms with Gasteiger partial charge >= 0.3 is 0 Å². The van der Waals surface area contributed by atoms with E-state index in [4.69, 9.17) is 14.2 Å². The Morgan fingerprint density at radius 2 is 1.58 bits per heavy atom. The quantitative estimate of drug-likeness (QED) is 0.753. The molecule has 2 aromatic carbocycles. The van der Waals surface area contributed by atoms with Gasteiger partial charge in [-0.3, -0.25) is 0 Å². The lowest BCUT2D eigenvalue weighted by molar-refractivity contribution is 0.154. The molecule has 8 heteroatoms. The maximum atomic E-state index is 12.7. The van der Waals surface area contributed by atoms with E-state index in [0.29, 0.717) is 22.8 Å². The molecule has 1 N–H and O–H groups in total. The molecule has 7 nitrogen and oxygen atoms in total. The molecule has 2 rings (SSSR count). The minimum absolute atomic E-state index is 0.107. The molecule has 0 bridgehead atoms. The maximum Gasteiger partial charge on any atom is 0.242 e. The van der Waals surface area contributed by atoms with Crippen LogP contribution in [0.15, 0.2) is 47.4 Å². The Kier molecular flexibility index (Phi) is 6.47. The number of hydrogen-bond donors (Lipinski definition) is 1. The smallest absolute Gasteiger partial charge is 0.242 e. The van der Waals surface area contributed by atoms with Crippen LogP contribution in [0, 0.1) is 0 Å². The first kappa shape index (κ1) is 20.0. The second kappa shape index (κ2) is 8.39. The van der Waals surface area contributed by atoms with E-state index in [1.54, 1.807) is 30.3 Å². The highest BCUT2D eigenvalue weighted by atomic mass is 32.2. The summed E-state index contributed by atoms with van der Waals surface area (Å²) in [5, 5.41) is 10.4. The van der Waals surface area contributed by atoms with E-state index in [1.165, 1.54) is 40.5 Å². The van der Waals surface area contributed by atoms with Gasteiger partial charge in [0.1, 0.15) is 5.75 Å². The Labute approximate surface area is 153 Å². The van der Waals surface area contributed by atoms with Crippen molar-refractivity contribution in [3.8, 4) is 17.2 Å². The third kappa shape index (κ3) is 4.27. The highest BCUT2D eigenvalue weighted by Gasteiger charge is 2.24. The zero-order valence-corrected chi connectivity index (χ0v) is 16.0. The predicted molar refractivity (Wildman–Crippen MR) is 97.3 cm³/mol. The van der Waals surface area contributed by atoms with Gasteiger partial charge in [0, 0.05) is 13.6 Å². The predicted octanol–water partition coefficient (Wildman–Crippen LogP) is 2.07. The Hall–Kier alpha value is -2.29. The fraction of sp³-hybridized carbons (Fsp3) is 0.333. The molecule has 1 unspecified atom stereocenters. The van der Waals surface area contributed by atoms with E-state index < -0.39 is 16.1 Å². The highest BCUT2D eigenvalue weighted by molar-refractivity contribution is 7.89. The number of nitrogens with zero attached hydrogens (tertiary/aromatic N) is 1. The number of ether oxygens (including phenoxy) is 3. The lowest BCUT2D eigenvalue weighted by atomic mass is 10.1. The van der Waals surface area contributed by atoms with Crippen molar-refractivity contribution in [3.63, 3.8) is 0 Å². The monoisotopic (exact) mass is 381 g/mol. The molecule has 2 aromatic rings. The van der Waals surface area contributed by atoms with E-state index >= 15 is 0 Å². The van der Waals surface area contributed by atoms with Crippen LogP contribution in [0.5, 0.6) is 17.2 Å². The van der Waals surface area contributed by atoms with Crippen LogP contribution in [-0.4, -0.2) is 52.8 Å². The largest absolute Gasteiger partial charge is 0.497 e. The highest BCUT2D eigenvalue weighted by Crippen LogP contribution is 2.30. The fourth-order valence-corrected chi connectivity index (χ4v) is 3.61. The lowest BCUT2D eigenvalue weighted by Crippen LogP contribution is -2.31. The van der Waals surface area contributed by atoms with Crippen LogP contribution < -0.4 is 14.2 Å². The van der Waals surface area contributed by atoms with Crippen LogP contribution in [0.25, 0.3) is 0 Å². The molecule has 0 aliphatic rings. The molecule has 0 amide bonds. The lowest BCUT2D eigenvalue weighted by Gasteiger charge is -2.21. The SMILES string of the molecule is COc1ccc(S(=O)(=O)N(C)CC(O)c2ccc(OC)c(OC)c2)cc1. The van der Waals surface area contributed by atoms with E-state index in [-0.39, 0.29) is 11.4 Å². The minimum atomic E-state index is -3.73. The molecule has 0 aromatic heterocycles. The standard InChI is InChI=1S/C18H23NO6S/c1-19(26(21,22)15-8-6-14(23-2)7-9-15)12-16(20)13-5-10-17(24-3)18(11-13)25-4/h5-11,16,20H,12H2,1-4H3. The summed E-state index contributed by atoms with van der Waals surface area (Å²) < 4.78 is 41.8. The summed E-state index contributed by atoms with van der Waals surface area (Å²) in [7, 11) is 2.21. The molecule has 0 saturated carbocycles. The molecule has 0 heterocycles. The summed E-state index contributed by atoms with van der Waals surface area (Å²) in [4.78, 5) is 0.125. The number of methoxy groups -OCH3 is 3. The van der Waals surface area contributed by atoms with Crippen molar-refractivity contribution in [1.29, 1.82) is 0 Å². The zero-order valence-electron chi connectivity index (χ0n) is 15.2. The molecular formula is C18H23NO6S. The third-order valence-electron chi connectivity index (χ3n) is 3.99. The van der Waals surface area contributed by atoms with Crippen LogP contribution in [-0.2, 0) is 10.0 Å². The maximum absolute atomic E-state index is 12.7. The van der Waals surface area contributed by atoms with Crippen molar-refractivity contribution >= 4 is 10.0 Å². The van der Waals surface area contributed by atoms with Crippen LogP contribution in [0.4, 0.5) is 0 Å². The van der Waals surface area contributed by atoms with Gasteiger partial charge in [-0.05, 0) is 42.0 Å². The Bertz CT molecular complexity index is 835. The van der Waals surface area contributed by atoms with Crippen molar-refractivity contribution in [2.75, 3.05) is 34.9 Å². The topological polar surface area (TPSA) is 85.3 Å². The Balaban J connectivity index is 2.18. The summed E-state index contributed by atoms with van der Waals surface area (Å²) in [6.07, 6.45) is -1.02. The van der Waals surface area contributed by atoms with Crippen LogP contribution in [0.2, 0.25) is 0 Å². The van der Waals surface area contributed by atoms with Crippen molar-refractivity contribution in [2.45, 2.75) is 11.0 Å². The van der Waals surface area contributed by atoms with E-state index in [1.807, 2.05) is 0 Å². The zero-order chi connectivity index (χ0) is 19.3. The second-order valence-electron chi connectivity index (χ2n) is 5.59. The van der Waals surface area contributed by atoms with Crippen molar-refractivity contribution in [1.82, 2.24) is 4.31 Å². The number of rotatable bonds is 8. The number of aliphatic hydroxyl groups excluding tert-OH is 1. The first-order chi connectivity index (χ1) is 12.3. The van der Waals surface area contributed by atoms with Crippen molar-refractivity contribution < 1.29 is 27.7 Å². The average molecular weight is 381 g/mol. The number of hydrogen-bond acceptors (Lipinski definition) is 6. The van der Waals surface area contributed by atoms with Crippen LogP contribution in [0.3, 0.4) is 0 Å². The van der Waals surface area contributed by atoms with Crippen LogP contribution in [0.1, 0.15) is 11.7 Å². The summed E-state index contributed by atoms with van der Waals surface area (Å²) in [6, 6.07) is 11.0. The van der Waals surface area contributed by atoms with E-state index in [0.717, 1.165) is 4.31 Å². The third-order valence-corrected chi connectivity index (χ3v) is 5.83. The Morgan fingerprint density at radius 1 is 0.962 bits per heavy atom. The first-order valence-electron chi connectivity index (χ1n) is 7.84. The molecule has 0 aliphatic heterocycles. The first-order valence-corrected chi connectivity index (χ1v) is 9.28. The average Bonchev–Trinajstić information content (AvgIpc) is 2.67. The molecule has 0 saturated heterocycles. The second-order valence-corrected chi connectivity index (χ2v) is 7.64. The summed E-state index contributed by atoms with van der Waals surface area (Å²) >= 11 is 0. The van der Waals surface area contributed by atoms with E-state index in [9.17, 15) is 13.5 Å². The van der Waals surface area contributed by atoms with Crippen molar-refractivity contribution in [3.05, 3.63) is 48.0 Å². The fourth-order valence-electron chi connectivity index (χ4n) is 2.43. The minimum Gasteiger partial charge on any atom is -0.497 e. The van der Waals surface area contributed by atoms with Gasteiger partial charge in [0.05, 0.1) is 32.3 Å². The van der Waals surface area contributed by atoms with Gasteiger partial charge in [0.2, 0.25) is 10.0 Å². The van der Waals surface area contributed by atoms with Crippen LogP contribution >= 0.6 is 0 Å². The van der Waals surface area contributed by atoms with Gasteiger partial charge in [-0.2, -0.15) is 4.31 Å². The van der Waals surface area contributed by atoms with E-state index in [2.05, 4.69) is 0 Å². The number of sulfonamides is 1. The molecule has 142 valence electrons. The molecular weight excluding hydrogens is 358 g/mol. The molecule has 0 aliphatic carbocycles.